The maximum atomic E-state index is 4.53. The quantitative estimate of drug-likeness (QED) is 0.251. The third-order valence-electron chi connectivity index (χ3n) is 8.82. The van der Waals surface area contributed by atoms with Crippen LogP contribution >= 0.6 is 0 Å². The van der Waals surface area contributed by atoms with Gasteiger partial charge in [-0.1, -0.05) is 27.7 Å². The van der Waals surface area contributed by atoms with E-state index in [1.165, 1.54) is 55.6 Å². The van der Waals surface area contributed by atoms with Gasteiger partial charge in [0.05, 0.1) is 11.4 Å². The van der Waals surface area contributed by atoms with Gasteiger partial charge in [0.2, 0.25) is 0 Å². The molecule has 186 valence electrons. The standard InChI is InChI=1S/C34H30N4/c1-19-11-21(29-7-9-35-17-37-29)13-27-31(19)23-15-26-24(16-25(23)33(27,3)4)32-20(2)12-22(14-28(32)34(26,5)6)30-8-10-36-18-38-30/h7-18H,1-6H3. The minimum Gasteiger partial charge on any atom is -0.245 e. The van der Waals surface area contributed by atoms with Crippen LogP contribution in [0.1, 0.15) is 61.1 Å². The van der Waals surface area contributed by atoms with Gasteiger partial charge in [-0.25, -0.2) is 19.9 Å². The maximum Gasteiger partial charge on any atom is 0.116 e. The first-order valence-corrected chi connectivity index (χ1v) is 13.2. The van der Waals surface area contributed by atoms with E-state index in [-0.39, 0.29) is 10.8 Å². The van der Waals surface area contributed by atoms with E-state index in [0.717, 1.165) is 22.5 Å². The van der Waals surface area contributed by atoms with Gasteiger partial charge in [0.15, 0.2) is 0 Å². The Morgan fingerprint density at radius 2 is 0.947 bits per heavy atom. The minimum atomic E-state index is -0.116. The van der Waals surface area contributed by atoms with Crippen LogP contribution in [0, 0.1) is 13.8 Å². The van der Waals surface area contributed by atoms with Crippen LogP contribution in [0.4, 0.5) is 0 Å². The van der Waals surface area contributed by atoms with Crippen molar-refractivity contribution in [3.63, 3.8) is 0 Å². The predicted molar refractivity (Wildman–Crippen MR) is 153 cm³/mol. The molecule has 4 nitrogen and oxygen atoms in total. The Balaban J connectivity index is 1.44. The molecule has 0 atom stereocenters. The topological polar surface area (TPSA) is 51.6 Å². The van der Waals surface area contributed by atoms with E-state index >= 15 is 0 Å². The van der Waals surface area contributed by atoms with E-state index in [4.69, 9.17) is 0 Å². The molecule has 0 fully saturated rings. The Kier molecular flexibility index (Phi) is 4.64. The molecule has 0 radical (unpaired) electrons. The summed E-state index contributed by atoms with van der Waals surface area (Å²) in [5.74, 6) is 0. The fourth-order valence-corrected chi connectivity index (χ4v) is 6.83. The zero-order chi connectivity index (χ0) is 26.4. The number of aromatic nitrogens is 4. The Labute approximate surface area is 223 Å². The monoisotopic (exact) mass is 494 g/mol. The van der Waals surface area contributed by atoms with Gasteiger partial charge in [-0.2, -0.15) is 0 Å². The van der Waals surface area contributed by atoms with E-state index < -0.39 is 0 Å². The van der Waals surface area contributed by atoms with Gasteiger partial charge < -0.3 is 0 Å². The second kappa shape index (κ2) is 7.67. The van der Waals surface area contributed by atoms with E-state index in [2.05, 4.69) is 97.9 Å². The van der Waals surface area contributed by atoms with Gasteiger partial charge >= 0.3 is 0 Å². The Bertz CT molecular complexity index is 1630. The first-order chi connectivity index (χ1) is 18.2. The molecule has 2 heterocycles. The molecule has 0 saturated carbocycles. The first kappa shape index (κ1) is 23.0. The van der Waals surface area contributed by atoms with Crippen molar-refractivity contribution in [1.29, 1.82) is 0 Å². The number of benzene rings is 3. The maximum absolute atomic E-state index is 4.53. The number of rotatable bonds is 2. The van der Waals surface area contributed by atoms with Gasteiger partial charge in [-0.3, -0.25) is 0 Å². The van der Waals surface area contributed by atoms with Crippen molar-refractivity contribution < 1.29 is 0 Å². The number of nitrogens with zero attached hydrogens (tertiary/aromatic N) is 4. The van der Waals surface area contributed by atoms with Crippen molar-refractivity contribution in [2.45, 2.75) is 52.4 Å². The normalized spacial score (nSPS) is 15.5. The third kappa shape index (κ3) is 3.03. The zero-order valence-electron chi connectivity index (χ0n) is 22.7. The highest BCUT2D eigenvalue weighted by molar-refractivity contribution is 5.93. The van der Waals surface area contributed by atoms with Gasteiger partial charge in [0, 0.05) is 34.4 Å². The summed E-state index contributed by atoms with van der Waals surface area (Å²) in [7, 11) is 0. The molecule has 7 rings (SSSR count). The summed E-state index contributed by atoms with van der Waals surface area (Å²) in [6.45, 7) is 13.9. The van der Waals surface area contributed by atoms with Crippen LogP contribution in [0.25, 0.3) is 44.8 Å². The highest BCUT2D eigenvalue weighted by atomic mass is 14.8. The molecule has 0 aliphatic heterocycles. The van der Waals surface area contributed by atoms with Crippen LogP contribution in [0.15, 0.2) is 73.6 Å². The predicted octanol–water partition coefficient (Wildman–Crippen LogP) is 7.83. The largest absolute Gasteiger partial charge is 0.245 e. The molecule has 4 heteroatoms. The molecule has 38 heavy (non-hydrogen) atoms. The van der Waals surface area contributed by atoms with Gasteiger partial charge in [-0.05, 0) is 118 Å². The van der Waals surface area contributed by atoms with Gasteiger partial charge in [-0.15, -0.1) is 0 Å². The molecule has 0 bridgehead atoms. The van der Waals surface area contributed by atoms with Crippen LogP contribution in [0.3, 0.4) is 0 Å². The van der Waals surface area contributed by atoms with E-state index in [0.29, 0.717) is 0 Å². The van der Waals surface area contributed by atoms with Crippen LogP contribution in [0.5, 0.6) is 0 Å². The van der Waals surface area contributed by atoms with E-state index in [9.17, 15) is 0 Å². The molecule has 0 unspecified atom stereocenters. The summed E-state index contributed by atoms with van der Waals surface area (Å²) in [6, 6.07) is 18.2. The Hall–Kier alpha value is -4.18. The number of aryl methyl sites for hydroxylation is 2. The van der Waals surface area contributed by atoms with Crippen LogP contribution in [-0.4, -0.2) is 19.9 Å². The van der Waals surface area contributed by atoms with Crippen molar-refractivity contribution in [1.82, 2.24) is 19.9 Å². The smallest absolute Gasteiger partial charge is 0.116 e. The number of hydrogen-bond donors (Lipinski definition) is 0. The zero-order valence-corrected chi connectivity index (χ0v) is 22.7. The Morgan fingerprint density at radius 3 is 1.32 bits per heavy atom. The van der Waals surface area contributed by atoms with Gasteiger partial charge in [0.1, 0.15) is 12.7 Å². The molecule has 0 N–H and O–H groups in total. The lowest BCUT2D eigenvalue weighted by Gasteiger charge is -2.24. The lowest BCUT2D eigenvalue weighted by Crippen LogP contribution is -2.17. The third-order valence-corrected chi connectivity index (χ3v) is 8.82. The minimum absolute atomic E-state index is 0.116. The second-order valence-corrected chi connectivity index (χ2v) is 11.8. The summed E-state index contributed by atoms with van der Waals surface area (Å²) < 4.78 is 0. The van der Waals surface area contributed by atoms with Crippen molar-refractivity contribution in [2.24, 2.45) is 0 Å². The summed E-state index contributed by atoms with van der Waals surface area (Å²) >= 11 is 0. The van der Waals surface area contributed by atoms with E-state index in [1.807, 2.05) is 24.5 Å². The lowest BCUT2D eigenvalue weighted by molar-refractivity contribution is 0.652. The highest BCUT2D eigenvalue weighted by Crippen LogP contribution is 2.58. The fraction of sp³-hybridized carbons (Fsp3) is 0.235. The number of fused-ring (bicyclic) bond motifs is 6. The Morgan fingerprint density at radius 1 is 0.526 bits per heavy atom. The SMILES string of the molecule is Cc1cc(-c2ccncn2)cc2c1-c1cc3c(cc1C2(C)C)-c1c(C)cc(-c2ccncn2)cc1C3(C)C. The molecular weight excluding hydrogens is 464 g/mol. The number of hydrogen-bond acceptors (Lipinski definition) is 4. The molecule has 2 aliphatic rings. The molecule has 3 aromatic carbocycles. The summed E-state index contributed by atoms with van der Waals surface area (Å²) in [5.41, 5.74) is 17.6. The first-order valence-electron chi connectivity index (χ1n) is 13.2. The molecule has 0 saturated heterocycles. The van der Waals surface area contributed by atoms with Gasteiger partial charge in [0.25, 0.3) is 0 Å². The van der Waals surface area contributed by atoms with Crippen molar-refractivity contribution in [3.8, 4) is 44.8 Å². The highest BCUT2D eigenvalue weighted by Gasteiger charge is 2.43. The van der Waals surface area contributed by atoms with Crippen LogP contribution in [-0.2, 0) is 10.8 Å². The van der Waals surface area contributed by atoms with E-state index in [1.54, 1.807) is 12.7 Å². The molecule has 5 aromatic rings. The summed E-state index contributed by atoms with van der Waals surface area (Å²) in [6.07, 6.45) is 6.88. The van der Waals surface area contributed by atoms with Crippen molar-refractivity contribution >= 4 is 0 Å². The molecular formula is C34H30N4. The fourth-order valence-electron chi connectivity index (χ4n) is 6.83. The molecule has 0 spiro atoms. The molecule has 2 aromatic heterocycles. The van der Waals surface area contributed by atoms with Crippen LogP contribution in [0.2, 0.25) is 0 Å². The van der Waals surface area contributed by atoms with Crippen molar-refractivity contribution in [3.05, 3.63) is 107 Å². The average Bonchev–Trinajstić information content (AvgIpc) is 3.28. The molecule has 2 aliphatic carbocycles. The summed E-state index contributed by atoms with van der Waals surface area (Å²) in [4.78, 5) is 17.3. The van der Waals surface area contributed by atoms with Crippen molar-refractivity contribution in [2.75, 3.05) is 0 Å². The van der Waals surface area contributed by atoms with Crippen LogP contribution < -0.4 is 0 Å². The average molecular weight is 495 g/mol. The lowest BCUT2D eigenvalue weighted by atomic mass is 9.79. The second-order valence-electron chi connectivity index (χ2n) is 11.8. The molecule has 0 amide bonds. The summed E-state index contributed by atoms with van der Waals surface area (Å²) in [5, 5.41) is 0.